The zero-order chi connectivity index (χ0) is 19.1. The maximum Gasteiger partial charge on any atom is 0.251 e. The second-order valence-corrected chi connectivity index (χ2v) is 6.63. The summed E-state index contributed by atoms with van der Waals surface area (Å²) >= 11 is 0. The Kier molecular flexibility index (Phi) is 6.18. The number of nitrogens with zero attached hydrogens (tertiary/aromatic N) is 2. The predicted molar refractivity (Wildman–Crippen MR) is 103 cm³/mol. The van der Waals surface area contributed by atoms with E-state index in [0.717, 1.165) is 31.6 Å². The summed E-state index contributed by atoms with van der Waals surface area (Å²) in [6, 6.07) is 18.2. The van der Waals surface area contributed by atoms with Gasteiger partial charge >= 0.3 is 0 Å². The van der Waals surface area contributed by atoms with Crippen molar-refractivity contribution in [3.8, 4) is 6.07 Å². The molecule has 2 amide bonds. The molecule has 6 heteroatoms. The molecule has 27 heavy (non-hydrogen) atoms. The molecule has 1 fully saturated rings. The molecule has 0 bridgehead atoms. The van der Waals surface area contributed by atoms with Gasteiger partial charge in [0.05, 0.1) is 18.2 Å². The number of amides is 2. The molecule has 0 radical (unpaired) electrons. The lowest BCUT2D eigenvalue weighted by Gasteiger charge is -2.31. The molecule has 0 atom stereocenters. The molecular formula is C21H22N4O2. The van der Waals surface area contributed by atoms with E-state index in [1.54, 1.807) is 24.3 Å². The summed E-state index contributed by atoms with van der Waals surface area (Å²) in [4.78, 5) is 26.5. The minimum absolute atomic E-state index is 0.0266. The Balaban J connectivity index is 1.42. The molecular weight excluding hydrogens is 340 g/mol. The van der Waals surface area contributed by atoms with Gasteiger partial charge in [0.25, 0.3) is 5.91 Å². The van der Waals surface area contributed by atoms with E-state index in [0.29, 0.717) is 17.7 Å². The average molecular weight is 362 g/mol. The Morgan fingerprint density at radius 1 is 1.04 bits per heavy atom. The standard InChI is InChI=1S/C21H22N4O2/c22-14-16-6-8-17(9-7-16)21(27)24-19-10-12-25(13-11-19)15-20(26)23-18-4-2-1-3-5-18/h1-9,19H,10-13,15H2,(H,23,26)(H,24,27). The van der Waals surface area contributed by atoms with Crippen LogP contribution in [0.2, 0.25) is 0 Å². The third-order valence-electron chi connectivity index (χ3n) is 4.62. The number of rotatable bonds is 5. The lowest BCUT2D eigenvalue weighted by molar-refractivity contribution is -0.117. The normalized spacial score (nSPS) is 14.9. The van der Waals surface area contributed by atoms with Gasteiger partial charge in [0.1, 0.15) is 0 Å². The minimum Gasteiger partial charge on any atom is -0.349 e. The monoisotopic (exact) mass is 362 g/mol. The number of anilines is 1. The molecule has 0 spiro atoms. The van der Waals surface area contributed by atoms with Gasteiger partial charge < -0.3 is 10.6 Å². The number of likely N-dealkylation sites (tertiary alicyclic amines) is 1. The minimum atomic E-state index is -0.125. The van der Waals surface area contributed by atoms with Crippen molar-refractivity contribution in [3.05, 3.63) is 65.7 Å². The van der Waals surface area contributed by atoms with Gasteiger partial charge in [-0.25, -0.2) is 0 Å². The number of carbonyl (C=O) groups is 2. The molecule has 2 aromatic carbocycles. The van der Waals surface area contributed by atoms with Crippen LogP contribution in [0.3, 0.4) is 0 Å². The number of hydrogen-bond acceptors (Lipinski definition) is 4. The maximum atomic E-state index is 12.3. The van der Waals surface area contributed by atoms with Crippen LogP contribution >= 0.6 is 0 Å². The van der Waals surface area contributed by atoms with Crippen molar-refractivity contribution >= 4 is 17.5 Å². The summed E-state index contributed by atoms with van der Waals surface area (Å²) in [5, 5.41) is 14.7. The van der Waals surface area contributed by atoms with Crippen molar-refractivity contribution in [2.24, 2.45) is 0 Å². The third kappa shape index (κ3) is 5.40. The van der Waals surface area contributed by atoms with Gasteiger partial charge in [-0.15, -0.1) is 0 Å². The Bertz CT molecular complexity index is 820. The van der Waals surface area contributed by atoms with Gasteiger partial charge in [-0.3, -0.25) is 14.5 Å². The maximum absolute atomic E-state index is 12.3. The average Bonchev–Trinajstić information content (AvgIpc) is 2.70. The van der Waals surface area contributed by atoms with Crippen molar-refractivity contribution in [2.75, 3.05) is 25.0 Å². The number of nitriles is 1. The zero-order valence-corrected chi connectivity index (χ0v) is 15.0. The highest BCUT2D eigenvalue weighted by Crippen LogP contribution is 2.12. The first-order valence-corrected chi connectivity index (χ1v) is 9.02. The van der Waals surface area contributed by atoms with E-state index in [-0.39, 0.29) is 17.9 Å². The molecule has 6 nitrogen and oxygen atoms in total. The summed E-state index contributed by atoms with van der Waals surface area (Å²) in [7, 11) is 0. The number of benzene rings is 2. The lowest BCUT2D eigenvalue weighted by atomic mass is 10.0. The highest BCUT2D eigenvalue weighted by atomic mass is 16.2. The summed E-state index contributed by atoms with van der Waals surface area (Å²) in [5.74, 6) is -0.152. The molecule has 1 heterocycles. The SMILES string of the molecule is N#Cc1ccc(C(=O)NC2CCN(CC(=O)Nc3ccccc3)CC2)cc1. The fraction of sp³-hybridized carbons (Fsp3) is 0.286. The largest absolute Gasteiger partial charge is 0.349 e. The fourth-order valence-corrected chi connectivity index (χ4v) is 3.13. The first-order valence-electron chi connectivity index (χ1n) is 9.02. The van der Waals surface area contributed by atoms with Crippen molar-refractivity contribution in [1.82, 2.24) is 10.2 Å². The second kappa shape index (κ2) is 8.97. The molecule has 0 unspecified atom stereocenters. The summed E-state index contributed by atoms with van der Waals surface area (Å²) in [6.45, 7) is 1.88. The number of para-hydroxylation sites is 1. The van der Waals surface area contributed by atoms with Crippen LogP contribution in [0.15, 0.2) is 54.6 Å². The number of piperidine rings is 1. The van der Waals surface area contributed by atoms with E-state index >= 15 is 0 Å². The first kappa shape index (κ1) is 18.6. The number of nitrogens with one attached hydrogen (secondary N) is 2. The Labute approximate surface area is 158 Å². The van der Waals surface area contributed by atoms with Crippen molar-refractivity contribution < 1.29 is 9.59 Å². The van der Waals surface area contributed by atoms with Gasteiger partial charge in [0.15, 0.2) is 0 Å². The van der Waals surface area contributed by atoms with Gasteiger partial charge in [0, 0.05) is 30.4 Å². The molecule has 1 aliphatic rings. The summed E-state index contributed by atoms with van der Waals surface area (Å²) in [6.07, 6.45) is 1.61. The number of hydrogen-bond donors (Lipinski definition) is 2. The molecule has 2 aromatic rings. The van der Waals surface area contributed by atoms with E-state index in [1.807, 2.05) is 36.4 Å². The van der Waals surface area contributed by atoms with E-state index in [4.69, 9.17) is 5.26 Å². The topological polar surface area (TPSA) is 85.2 Å². The van der Waals surface area contributed by atoms with E-state index < -0.39 is 0 Å². The molecule has 2 N–H and O–H groups in total. The van der Waals surface area contributed by atoms with E-state index in [1.165, 1.54) is 0 Å². The highest BCUT2D eigenvalue weighted by molar-refractivity contribution is 5.94. The van der Waals surface area contributed by atoms with Gasteiger partial charge in [0.2, 0.25) is 5.91 Å². The van der Waals surface area contributed by atoms with Crippen molar-refractivity contribution in [3.63, 3.8) is 0 Å². The molecule has 3 rings (SSSR count). The highest BCUT2D eigenvalue weighted by Gasteiger charge is 2.22. The molecule has 0 aromatic heterocycles. The fourth-order valence-electron chi connectivity index (χ4n) is 3.13. The van der Waals surface area contributed by atoms with Crippen molar-refractivity contribution in [1.29, 1.82) is 5.26 Å². The molecule has 1 aliphatic heterocycles. The van der Waals surface area contributed by atoms with Gasteiger partial charge in [-0.05, 0) is 49.2 Å². The van der Waals surface area contributed by atoms with Crippen molar-refractivity contribution in [2.45, 2.75) is 18.9 Å². The van der Waals surface area contributed by atoms with Crippen LogP contribution in [0, 0.1) is 11.3 Å². The van der Waals surface area contributed by atoms with Crippen LogP contribution < -0.4 is 10.6 Å². The Morgan fingerprint density at radius 2 is 1.70 bits per heavy atom. The molecule has 0 aliphatic carbocycles. The van der Waals surface area contributed by atoms with E-state index in [9.17, 15) is 9.59 Å². The molecule has 1 saturated heterocycles. The Hall–Kier alpha value is -3.17. The zero-order valence-electron chi connectivity index (χ0n) is 15.0. The van der Waals surface area contributed by atoms with Crippen LogP contribution in [0.25, 0.3) is 0 Å². The summed E-state index contributed by atoms with van der Waals surface area (Å²) in [5.41, 5.74) is 1.89. The second-order valence-electron chi connectivity index (χ2n) is 6.63. The summed E-state index contributed by atoms with van der Waals surface area (Å²) < 4.78 is 0. The third-order valence-corrected chi connectivity index (χ3v) is 4.62. The quantitative estimate of drug-likeness (QED) is 0.855. The molecule has 0 saturated carbocycles. The van der Waals surface area contributed by atoms with Crippen LogP contribution in [-0.2, 0) is 4.79 Å². The molecule has 138 valence electrons. The predicted octanol–water partition coefficient (Wildman–Crippen LogP) is 2.39. The first-order chi connectivity index (χ1) is 13.1. The lowest BCUT2D eigenvalue weighted by Crippen LogP contribution is -2.46. The van der Waals surface area contributed by atoms with Gasteiger partial charge in [-0.1, -0.05) is 18.2 Å². The van der Waals surface area contributed by atoms with E-state index in [2.05, 4.69) is 15.5 Å². The number of carbonyl (C=O) groups excluding carboxylic acids is 2. The van der Waals surface area contributed by atoms with Crippen LogP contribution in [-0.4, -0.2) is 42.4 Å². The van der Waals surface area contributed by atoms with Gasteiger partial charge in [-0.2, -0.15) is 5.26 Å². The smallest absolute Gasteiger partial charge is 0.251 e. The van der Waals surface area contributed by atoms with Crippen LogP contribution in [0.5, 0.6) is 0 Å². The Morgan fingerprint density at radius 3 is 2.33 bits per heavy atom. The van der Waals surface area contributed by atoms with Crippen LogP contribution in [0.4, 0.5) is 5.69 Å². The van der Waals surface area contributed by atoms with Crippen LogP contribution in [0.1, 0.15) is 28.8 Å².